The summed E-state index contributed by atoms with van der Waals surface area (Å²) < 4.78 is 19.6. The van der Waals surface area contributed by atoms with E-state index in [4.69, 9.17) is 4.42 Å². The Bertz CT molecular complexity index is 531. The Kier molecular flexibility index (Phi) is 5.53. The molecule has 2 fully saturated rings. The van der Waals surface area contributed by atoms with E-state index in [1.54, 1.807) is 6.26 Å². The van der Waals surface area contributed by atoms with Crippen molar-refractivity contribution in [2.45, 2.75) is 25.1 Å². The Labute approximate surface area is 141 Å². The molecule has 0 aliphatic carbocycles. The maximum atomic E-state index is 14.2. The van der Waals surface area contributed by atoms with Crippen LogP contribution in [0.4, 0.5) is 4.39 Å². The fourth-order valence-corrected chi connectivity index (χ4v) is 3.51. The molecule has 2 aliphatic heterocycles. The van der Waals surface area contributed by atoms with E-state index in [0.717, 1.165) is 31.9 Å². The predicted octanol–water partition coefficient (Wildman–Crippen LogP) is 0.720. The van der Waals surface area contributed by atoms with Crippen LogP contribution in [-0.4, -0.2) is 83.8 Å². The summed E-state index contributed by atoms with van der Waals surface area (Å²) in [4.78, 5) is 18.4. The second kappa shape index (κ2) is 7.63. The first kappa shape index (κ1) is 17.4. The molecule has 2 saturated heterocycles. The van der Waals surface area contributed by atoms with Gasteiger partial charge < -0.3 is 14.4 Å². The first-order valence-corrected chi connectivity index (χ1v) is 8.63. The van der Waals surface area contributed by atoms with Crippen molar-refractivity contribution < 1.29 is 18.7 Å². The van der Waals surface area contributed by atoms with Crippen LogP contribution in [-0.2, 0) is 11.3 Å². The van der Waals surface area contributed by atoms with Crippen LogP contribution in [0.25, 0.3) is 0 Å². The summed E-state index contributed by atoms with van der Waals surface area (Å²) in [6.07, 6.45) is 2.73. The number of nitrogens with zero attached hydrogens (tertiary/aromatic N) is 3. The summed E-state index contributed by atoms with van der Waals surface area (Å²) in [6, 6.07) is 3.84. The van der Waals surface area contributed by atoms with E-state index >= 15 is 0 Å². The van der Waals surface area contributed by atoms with Gasteiger partial charge in [-0.1, -0.05) is 0 Å². The summed E-state index contributed by atoms with van der Waals surface area (Å²) >= 11 is 0. The zero-order valence-corrected chi connectivity index (χ0v) is 14.0. The van der Waals surface area contributed by atoms with Crippen LogP contribution >= 0.6 is 0 Å². The highest BCUT2D eigenvalue weighted by molar-refractivity contribution is 5.78. The number of amides is 1. The van der Waals surface area contributed by atoms with Gasteiger partial charge in [0.15, 0.2) is 0 Å². The Morgan fingerprint density at radius 2 is 2.04 bits per heavy atom. The van der Waals surface area contributed by atoms with E-state index in [1.165, 1.54) is 0 Å². The van der Waals surface area contributed by atoms with Crippen molar-refractivity contribution in [3.63, 3.8) is 0 Å². The van der Waals surface area contributed by atoms with Crippen molar-refractivity contribution >= 4 is 5.91 Å². The second-order valence-electron chi connectivity index (χ2n) is 6.86. The minimum absolute atomic E-state index is 0.0508. The Balaban J connectivity index is 1.43. The zero-order chi connectivity index (χ0) is 17.0. The fourth-order valence-electron chi connectivity index (χ4n) is 3.51. The van der Waals surface area contributed by atoms with Crippen molar-refractivity contribution in [2.24, 2.45) is 0 Å². The lowest BCUT2D eigenvalue weighted by atomic mass is 9.95. The molecule has 2 aliphatic rings. The van der Waals surface area contributed by atoms with Crippen molar-refractivity contribution in [3.8, 4) is 0 Å². The van der Waals surface area contributed by atoms with Gasteiger partial charge in [0.2, 0.25) is 5.91 Å². The Hall–Kier alpha value is -1.44. The van der Waals surface area contributed by atoms with Gasteiger partial charge in [0, 0.05) is 32.7 Å². The summed E-state index contributed by atoms with van der Waals surface area (Å²) in [7, 11) is 0. The van der Waals surface area contributed by atoms with E-state index in [2.05, 4.69) is 4.90 Å². The molecule has 0 aromatic carbocycles. The Morgan fingerprint density at radius 1 is 1.25 bits per heavy atom. The molecule has 1 atom stereocenters. The molecule has 0 spiro atoms. The van der Waals surface area contributed by atoms with Crippen molar-refractivity contribution in [3.05, 3.63) is 24.2 Å². The minimum Gasteiger partial charge on any atom is -0.468 e. The van der Waals surface area contributed by atoms with Crippen LogP contribution in [0.5, 0.6) is 0 Å². The van der Waals surface area contributed by atoms with Gasteiger partial charge in [0.1, 0.15) is 11.4 Å². The maximum absolute atomic E-state index is 14.2. The molecule has 3 heterocycles. The molecule has 0 bridgehead atoms. The third-order valence-corrected chi connectivity index (χ3v) is 4.93. The minimum atomic E-state index is -1.56. The number of furan rings is 1. The maximum Gasteiger partial charge on any atom is 0.236 e. The van der Waals surface area contributed by atoms with E-state index in [-0.39, 0.29) is 19.0 Å². The highest BCUT2D eigenvalue weighted by Crippen LogP contribution is 2.24. The molecular formula is C17H26FN3O3. The Morgan fingerprint density at radius 3 is 2.71 bits per heavy atom. The summed E-state index contributed by atoms with van der Waals surface area (Å²) in [5.74, 6) is 0.987. The summed E-state index contributed by atoms with van der Waals surface area (Å²) in [6.45, 7) is 4.41. The molecule has 0 radical (unpaired) electrons. The van der Waals surface area contributed by atoms with Crippen LogP contribution in [0.15, 0.2) is 22.8 Å². The van der Waals surface area contributed by atoms with Crippen molar-refractivity contribution in [1.29, 1.82) is 0 Å². The zero-order valence-electron chi connectivity index (χ0n) is 14.0. The number of halogens is 1. The largest absolute Gasteiger partial charge is 0.468 e. The van der Waals surface area contributed by atoms with Crippen LogP contribution in [0.1, 0.15) is 18.6 Å². The van der Waals surface area contributed by atoms with E-state index < -0.39 is 12.3 Å². The number of piperidine rings is 1. The summed E-state index contributed by atoms with van der Waals surface area (Å²) in [5.41, 5.74) is -1.56. The number of likely N-dealkylation sites (tertiary alicyclic amines) is 1. The molecule has 1 N–H and O–H groups in total. The van der Waals surface area contributed by atoms with Gasteiger partial charge in [0.25, 0.3) is 0 Å². The summed E-state index contributed by atoms with van der Waals surface area (Å²) in [5, 5.41) is 9.18. The quantitative estimate of drug-likeness (QED) is 0.857. The monoisotopic (exact) mass is 339 g/mol. The third-order valence-electron chi connectivity index (χ3n) is 4.93. The normalized spacial score (nSPS) is 26.7. The lowest BCUT2D eigenvalue weighted by Gasteiger charge is -2.38. The topological polar surface area (TPSA) is 60.2 Å². The number of carbonyl (C=O) groups is 1. The number of carbonyl (C=O) groups excluding carboxylic acids is 1. The second-order valence-corrected chi connectivity index (χ2v) is 6.86. The van der Waals surface area contributed by atoms with Gasteiger partial charge in [-0.25, -0.2) is 4.39 Å². The number of aliphatic hydroxyl groups is 1. The van der Waals surface area contributed by atoms with Gasteiger partial charge in [-0.2, -0.15) is 0 Å². The number of alkyl halides is 1. The standard InChI is InChI=1S/C17H26FN3O3/c18-17(14-22)4-2-5-20(13-17)12-16(23)21-8-6-19(7-9-21)11-15-3-1-10-24-15/h1,3,10,22H,2,4-9,11-14H2. The molecule has 1 aromatic rings. The van der Waals surface area contributed by atoms with Crippen LogP contribution in [0.2, 0.25) is 0 Å². The molecule has 1 aromatic heterocycles. The molecular weight excluding hydrogens is 313 g/mol. The smallest absolute Gasteiger partial charge is 0.236 e. The van der Waals surface area contributed by atoms with Gasteiger partial charge >= 0.3 is 0 Å². The number of hydrogen-bond acceptors (Lipinski definition) is 5. The predicted molar refractivity (Wildman–Crippen MR) is 87.2 cm³/mol. The molecule has 0 saturated carbocycles. The average molecular weight is 339 g/mol. The van der Waals surface area contributed by atoms with E-state index in [9.17, 15) is 14.3 Å². The lowest BCUT2D eigenvalue weighted by molar-refractivity contribution is -0.135. The van der Waals surface area contributed by atoms with Crippen LogP contribution < -0.4 is 0 Å². The number of piperazine rings is 1. The van der Waals surface area contributed by atoms with Gasteiger partial charge in [-0.15, -0.1) is 0 Å². The molecule has 6 nitrogen and oxygen atoms in total. The number of hydrogen-bond donors (Lipinski definition) is 1. The van der Waals surface area contributed by atoms with Gasteiger partial charge in [-0.05, 0) is 31.5 Å². The lowest BCUT2D eigenvalue weighted by Crippen LogP contribution is -2.54. The molecule has 134 valence electrons. The van der Waals surface area contributed by atoms with Crippen LogP contribution in [0.3, 0.4) is 0 Å². The van der Waals surface area contributed by atoms with Crippen molar-refractivity contribution in [1.82, 2.24) is 14.7 Å². The highest BCUT2D eigenvalue weighted by Gasteiger charge is 2.36. The number of rotatable bonds is 5. The molecule has 24 heavy (non-hydrogen) atoms. The average Bonchev–Trinajstić information content (AvgIpc) is 3.08. The number of aliphatic hydroxyl groups excluding tert-OH is 1. The third kappa shape index (κ3) is 4.34. The van der Waals surface area contributed by atoms with E-state index in [0.29, 0.717) is 25.9 Å². The molecule has 1 unspecified atom stereocenters. The molecule has 3 rings (SSSR count). The van der Waals surface area contributed by atoms with E-state index in [1.807, 2.05) is 21.9 Å². The van der Waals surface area contributed by atoms with Crippen LogP contribution in [0, 0.1) is 0 Å². The van der Waals surface area contributed by atoms with Gasteiger partial charge in [0.05, 0.1) is 26.0 Å². The first-order valence-electron chi connectivity index (χ1n) is 8.63. The molecule has 1 amide bonds. The highest BCUT2D eigenvalue weighted by atomic mass is 19.1. The van der Waals surface area contributed by atoms with Crippen molar-refractivity contribution in [2.75, 3.05) is 52.4 Å². The fraction of sp³-hybridized carbons (Fsp3) is 0.706. The SMILES string of the molecule is O=C(CN1CCCC(F)(CO)C1)N1CCN(Cc2ccco2)CC1. The van der Waals surface area contributed by atoms with Gasteiger partial charge in [-0.3, -0.25) is 14.6 Å². The molecule has 7 heteroatoms. The first-order chi connectivity index (χ1) is 11.6.